The van der Waals surface area contributed by atoms with Crippen LogP contribution in [0.4, 0.5) is 0 Å². The summed E-state index contributed by atoms with van der Waals surface area (Å²) in [5.41, 5.74) is 0.837. The monoisotopic (exact) mass is 243 g/mol. The van der Waals surface area contributed by atoms with Gasteiger partial charge in [-0.15, -0.1) is 0 Å². The lowest BCUT2D eigenvalue weighted by Gasteiger charge is -2.08. The van der Waals surface area contributed by atoms with E-state index in [9.17, 15) is 9.90 Å². The number of aliphatic hydroxyl groups is 1. The van der Waals surface area contributed by atoms with Crippen molar-refractivity contribution in [3.8, 4) is 11.8 Å². The fourth-order valence-electron chi connectivity index (χ4n) is 2.17. The first-order chi connectivity index (χ1) is 8.74. The molecule has 1 fully saturated rings. The molecule has 1 saturated carbocycles. The Hall–Kier alpha value is -1.79. The molecule has 1 aromatic carbocycles. The van der Waals surface area contributed by atoms with E-state index in [-0.39, 0.29) is 12.0 Å². The molecule has 3 nitrogen and oxygen atoms in total. The van der Waals surface area contributed by atoms with Crippen molar-refractivity contribution in [2.75, 3.05) is 6.54 Å². The zero-order chi connectivity index (χ0) is 12.8. The van der Waals surface area contributed by atoms with Gasteiger partial charge in [-0.25, -0.2) is 0 Å². The number of benzene rings is 1. The lowest BCUT2D eigenvalue weighted by atomic mass is 10.1. The standard InChI is InChI=1S/C15H17NO2/c17-14-8-6-13(10-14)11-16-15(18)9-7-12-4-2-1-3-5-12/h1-5,13-14,17H,6,8,10-11H2,(H,16,18). The number of amides is 1. The fraction of sp³-hybridized carbons (Fsp3) is 0.400. The molecule has 1 aromatic rings. The largest absolute Gasteiger partial charge is 0.393 e. The Labute approximate surface area is 107 Å². The zero-order valence-electron chi connectivity index (χ0n) is 10.2. The van der Waals surface area contributed by atoms with Gasteiger partial charge in [0.15, 0.2) is 0 Å². The molecule has 1 amide bonds. The molecule has 0 bridgehead atoms. The summed E-state index contributed by atoms with van der Waals surface area (Å²) >= 11 is 0. The first-order valence-corrected chi connectivity index (χ1v) is 6.27. The lowest BCUT2D eigenvalue weighted by Crippen LogP contribution is -2.27. The smallest absolute Gasteiger partial charge is 0.296 e. The van der Waals surface area contributed by atoms with Crippen LogP contribution in [0.1, 0.15) is 24.8 Å². The normalized spacial score (nSPS) is 22.1. The third-order valence-electron chi connectivity index (χ3n) is 3.16. The fourth-order valence-corrected chi connectivity index (χ4v) is 2.17. The summed E-state index contributed by atoms with van der Waals surface area (Å²) in [5.74, 6) is 5.53. The molecule has 2 N–H and O–H groups in total. The van der Waals surface area contributed by atoms with Crippen LogP contribution in [0, 0.1) is 17.8 Å². The van der Waals surface area contributed by atoms with E-state index in [2.05, 4.69) is 17.2 Å². The molecule has 0 radical (unpaired) electrons. The molecule has 0 saturated heterocycles. The van der Waals surface area contributed by atoms with E-state index in [4.69, 9.17) is 0 Å². The summed E-state index contributed by atoms with van der Waals surface area (Å²) in [6, 6.07) is 9.43. The molecule has 2 unspecified atom stereocenters. The van der Waals surface area contributed by atoms with Crippen molar-refractivity contribution in [1.82, 2.24) is 5.32 Å². The Morgan fingerprint density at radius 1 is 1.33 bits per heavy atom. The summed E-state index contributed by atoms with van der Waals surface area (Å²) in [7, 11) is 0. The number of carbonyl (C=O) groups is 1. The SMILES string of the molecule is O=C(C#Cc1ccccc1)NCC1CCC(O)C1. The Balaban J connectivity index is 1.77. The molecule has 0 spiro atoms. The van der Waals surface area contributed by atoms with Gasteiger partial charge in [-0.05, 0) is 37.3 Å². The minimum atomic E-state index is -0.250. The maximum absolute atomic E-state index is 11.5. The van der Waals surface area contributed by atoms with Crippen LogP contribution in [0.2, 0.25) is 0 Å². The highest BCUT2D eigenvalue weighted by Crippen LogP contribution is 2.24. The van der Waals surface area contributed by atoms with Crippen LogP contribution in [0.5, 0.6) is 0 Å². The van der Waals surface area contributed by atoms with Crippen molar-refractivity contribution in [2.45, 2.75) is 25.4 Å². The minimum Gasteiger partial charge on any atom is -0.393 e. The highest BCUT2D eigenvalue weighted by atomic mass is 16.3. The average molecular weight is 243 g/mol. The van der Waals surface area contributed by atoms with Gasteiger partial charge in [0.05, 0.1) is 6.10 Å². The maximum atomic E-state index is 11.5. The van der Waals surface area contributed by atoms with Crippen LogP contribution in [-0.2, 0) is 4.79 Å². The molecule has 2 atom stereocenters. The van der Waals surface area contributed by atoms with E-state index in [0.29, 0.717) is 12.5 Å². The quantitative estimate of drug-likeness (QED) is 0.770. The number of aliphatic hydroxyl groups excluding tert-OH is 1. The van der Waals surface area contributed by atoms with Gasteiger partial charge in [-0.2, -0.15) is 0 Å². The summed E-state index contributed by atoms with van der Waals surface area (Å²) in [6.45, 7) is 0.610. The van der Waals surface area contributed by atoms with E-state index in [0.717, 1.165) is 24.8 Å². The lowest BCUT2D eigenvalue weighted by molar-refractivity contribution is -0.115. The Bertz CT molecular complexity index is 458. The summed E-state index contributed by atoms with van der Waals surface area (Å²) < 4.78 is 0. The predicted molar refractivity (Wildman–Crippen MR) is 69.7 cm³/mol. The molecular weight excluding hydrogens is 226 g/mol. The molecule has 0 heterocycles. The van der Waals surface area contributed by atoms with Crippen LogP contribution in [0.3, 0.4) is 0 Å². The Morgan fingerprint density at radius 2 is 2.11 bits per heavy atom. The number of nitrogens with one attached hydrogen (secondary N) is 1. The van der Waals surface area contributed by atoms with Gasteiger partial charge in [-0.3, -0.25) is 4.79 Å². The van der Waals surface area contributed by atoms with Gasteiger partial charge in [-0.1, -0.05) is 24.1 Å². The van der Waals surface area contributed by atoms with Crippen molar-refractivity contribution in [2.24, 2.45) is 5.92 Å². The molecule has 1 aliphatic carbocycles. The minimum absolute atomic E-state index is 0.192. The molecule has 3 heteroatoms. The number of hydrogen-bond donors (Lipinski definition) is 2. The topological polar surface area (TPSA) is 49.3 Å². The van der Waals surface area contributed by atoms with Gasteiger partial charge in [0.1, 0.15) is 0 Å². The second kappa shape index (κ2) is 6.23. The number of rotatable bonds is 2. The summed E-state index contributed by atoms with van der Waals surface area (Å²) in [5, 5.41) is 12.2. The highest BCUT2D eigenvalue weighted by Gasteiger charge is 2.22. The van der Waals surface area contributed by atoms with Crippen molar-refractivity contribution >= 4 is 5.91 Å². The third kappa shape index (κ3) is 3.90. The van der Waals surface area contributed by atoms with Gasteiger partial charge in [0.2, 0.25) is 0 Å². The Morgan fingerprint density at radius 3 is 2.78 bits per heavy atom. The predicted octanol–water partition coefficient (Wildman–Crippen LogP) is 1.32. The van der Waals surface area contributed by atoms with Crippen molar-refractivity contribution in [3.63, 3.8) is 0 Å². The second-order valence-corrected chi connectivity index (χ2v) is 4.66. The van der Waals surface area contributed by atoms with Gasteiger partial charge in [0, 0.05) is 18.0 Å². The zero-order valence-corrected chi connectivity index (χ0v) is 10.2. The Kier molecular flexibility index (Phi) is 4.38. The molecule has 0 aliphatic heterocycles. The second-order valence-electron chi connectivity index (χ2n) is 4.66. The molecule has 0 aromatic heterocycles. The van der Waals surface area contributed by atoms with E-state index in [1.54, 1.807) is 0 Å². The van der Waals surface area contributed by atoms with E-state index < -0.39 is 0 Å². The third-order valence-corrected chi connectivity index (χ3v) is 3.16. The van der Waals surface area contributed by atoms with Crippen molar-refractivity contribution in [1.29, 1.82) is 0 Å². The molecule has 18 heavy (non-hydrogen) atoms. The molecule has 2 rings (SSSR count). The van der Waals surface area contributed by atoms with Gasteiger partial charge >= 0.3 is 0 Å². The highest BCUT2D eigenvalue weighted by molar-refractivity contribution is 5.94. The van der Waals surface area contributed by atoms with E-state index in [1.165, 1.54) is 0 Å². The first kappa shape index (κ1) is 12.7. The van der Waals surface area contributed by atoms with Gasteiger partial charge < -0.3 is 10.4 Å². The molecule has 94 valence electrons. The average Bonchev–Trinajstić information content (AvgIpc) is 2.81. The number of carbonyl (C=O) groups excluding carboxylic acids is 1. The van der Waals surface area contributed by atoms with Crippen LogP contribution in [0.25, 0.3) is 0 Å². The molecular formula is C15H17NO2. The van der Waals surface area contributed by atoms with Crippen LogP contribution < -0.4 is 5.32 Å². The van der Waals surface area contributed by atoms with Crippen molar-refractivity contribution in [3.05, 3.63) is 35.9 Å². The maximum Gasteiger partial charge on any atom is 0.296 e. The van der Waals surface area contributed by atoms with E-state index in [1.807, 2.05) is 30.3 Å². The molecule has 1 aliphatic rings. The van der Waals surface area contributed by atoms with Crippen LogP contribution >= 0.6 is 0 Å². The van der Waals surface area contributed by atoms with Crippen LogP contribution in [-0.4, -0.2) is 23.7 Å². The van der Waals surface area contributed by atoms with Crippen molar-refractivity contribution < 1.29 is 9.90 Å². The summed E-state index contributed by atoms with van der Waals surface area (Å²) in [4.78, 5) is 11.5. The van der Waals surface area contributed by atoms with E-state index >= 15 is 0 Å². The number of hydrogen-bond acceptors (Lipinski definition) is 2. The van der Waals surface area contributed by atoms with Crippen LogP contribution in [0.15, 0.2) is 30.3 Å². The van der Waals surface area contributed by atoms with Gasteiger partial charge in [0.25, 0.3) is 5.91 Å². The summed E-state index contributed by atoms with van der Waals surface area (Å²) in [6.07, 6.45) is 2.42. The first-order valence-electron chi connectivity index (χ1n) is 6.27.